The maximum Gasteiger partial charge on any atom is 0.149 e. The average Bonchev–Trinajstić information content (AvgIpc) is 2.61. The van der Waals surface area contributed by atoms with Gasteiger partial charge >= 0.3 is 0 Å². The van der Waals surface area contributed by atoms with Gasteiger partial charge in [-0.05, 0) is 19.1 Å². The largest absolute Gasteiger partial charge is 0.369 e. The van der Waals surface area contributed by atoms with E-state index in [0.29, 0.717) is 11.2 Å². The molecule has 2 aromatic rings. The lowest BCUT2D eigenvalue weighted by atomic mass is 10.2. The van der Waals surface area contributed by atoms with Crippen molar-refractivity contribution in [2.75, 3.05) is 42.9 Å². The number of rotatable bonds is 5. The van der Waals surface area contributed by atoms with Crippen LogP contribution in [0.1, 0.15) is 6.92 Å². The van der Waals surface area contributed by atoms with Gasteiger partial charge in [0.15, 0.2) is 0 Å². The molecule has 6 heteroatoms. The fourth-order valence-corrected chi connectivity index (χ4v) is 3.02. The summed E-state index contributed by atoms with van der Waals surface area (Å²) in [6, 6.07) is 11.1. The normalized spacial score (nSPS) is 17.0. The maximum atomic E-state index is 5.85. The number of aromatic nitrogens is 2. The topological polar surface area (TPSA) is 44.3 Å². The maximum absolute atomic E-state index is 5.85. The molecule has 122 valence electrons. The molecule has 1 fully saturated rings. The molecule has 1 aliphatic rings. The van der Waals surface area contributed by atoms with Gasteiger partial charge in [0.2, 0.25) is 0 Å². The monoisotopic (exact) mass is 331 g/mol. The lowest BCUT2D eigenvalue weighted by Gasteiger charge is -2.39. The number of hydrogen-bond acceptors (Lipinski definition) is 5. The van der Waals surface area contributed by atoms with E-state index in [2.05, 4.69) is 62.3 Å². The number of nitrogens with one attached hydrogen (secondary N) is 1. The predicted molar refractivity (Wildman–Crippen MR) is 95.2 cm³/mol. The Labute approximate surface area is 142 Å². The van der Waals surface area contributed by atoms with Gasteiger partial charge in [-0.1, -0.05) is 29.8 Å². The number of piperazine rings is 1. The van der Waals surface area contributed by atoms with Gasteiger partial charge in [0, 0.05) is 44.5 Å². The third-order valence-electron chi connectivity index (χ3n) is 4.24. The Morgan fingerprint density at radius 3 is 2.57 bits per heavy atom. The smallest absolute Gasteiger partial charge is 0.149 e. The highest BCUT2D eigenvalue weighted by Gasteiger charge is 2.21. The third kappa shape index (κ3) is 4.33. The molecule has 0 spiro atoms. The molecular formula is C17H22ClN5. The van der Waals surface area contributed by atoms with Gasteiger partial charge in [-0.25, -0.2) is 4.98 Å². The SMILES string of the molecule is C[C@H](CNc1cncc(Cl)n1)N1CCN(c2ccccc2)CC1. The van der Waals surface area contributed by atoms with E-state index in [1.807, 2.05) is 0 Å². The minimum atomic E-state index is 0.416. The van der Waals surface area contributed by atoms with Crippen LogP contribution in [0.4, 0.5) is 11.5 Å². The Morgan fingerprint density at radius 2 is 1.87 bits per heavy atom. The number of hydrogen-bond donors (Lipinski definition) is 1. The van der Waals surface area contributed by atoms with Crippen molar-refractivity contribution in [1.82, 2.24) is 14.9 Å². The van der Waals surface area contributed by atoms with Crippen molar-refractivity contribution in [1.29, 1.82) is 0 Å². The minimum Gasteiger partial charge on any atom is -0.369 e. The molecule has 0 amide bonds. The molecule has 1 aliphatic heterocycles. The van der Waals surface area contributed by atoms with Crippen molar-refractivity contribution in [3.63, 3.8) is 0 Å². The first-order valence-electron chi connectivity index (χ1n) is 7.98. The molecule has 0 unspecified atom stereocenters. The lowest BCUT2D eigenvalue weighted by Crippen LogP contribution is -2.51. The zero-order valence-electron chi connectivity index (χ0n) is 13.3. The first-order chi connectivity index (χ1) is 11.2. The van der Waals surface area contributed by atoms with Crippen molar-refractivity contribution in [3.8, 4) is 0 Å². The zero-order valence-corrected chi connectivity index (χ0v) is 14.1. The van der Waals surface area contributed by atoms with Gasteiger partial charge in [0.1, 0.15) is 11.0 Å². The predicted octanol–water partition coefficient (Wildman–Crippen LogP) is 2.75. The first kappa shape index (κ1) is 16.0. The summed E-state index contributed by atoms with van der Waals surface area (Å²) >= 11 is 5.85. The molecule has 1 N–H and O–H groups in total. The van der Waals surface area contributed by atoms with Crippen molar-refractivity contribution in [2.45, 2.75) is 13.0 Å². The Bertz CT molecular complexity index is 613. The van der Waals surface area contributed by atoms with Crippen molar-refractivity contribution < 1.29 is 0 Å². The quantitative estimate of drug-likeness (QED) is 0.912. The third-order valence-corrected chi connectivity index (χ3v) is 4.42. The van der Waals surface area contributed by atoms with Crippen LogP contribution in [-0.2, 0) is 0 Å². The van der Waals surface area contributed by atoms with E-state index in [1.54, 1.807) is 12.4 Å². The van der Waals surface area contributed by atoms with Gasteiger partial charge in [-0.2, -0.15) is 0 Å². The zero-order chi connectivity index (χ0) is 16.1. The summed E-state index contributed by atoms with van der Waals surface area (Å²) in [5.74, 6) is 0.729. The summed E-state index contributed by atoms with van der Waals surface area (Å²) in [5, 5.41) is 3.73. The molecule has 23 heavy (non-hydrogen) atoms. The molecule has 0 radical (unpaired) electrons. The molecule has 5 nitrogen and oxygen atoms in total. The van der Waals surface area contributed by atoms with Gasteiger partial charge in [-0.15, -0.1) is 0 Å². The lowest BCUT2D eigenvalue weighted by molar-refractivity contribution is 0.204. The van der Waals surface area contributed by atoms with E-state index in [4.69, 9.17) is 11.6 Å². The summed E-state index contributed by atoms with van der Waals surface area (Å²) < 4.78 is 0. The van der Waals surface area contributed by atoms with Crippen LogP contribution in [0.15, 0.2) is 42.7 Å². The second-order valence-electron chi connectivity index (χ2n) is 5.82. The molecule has 0 saturated carbocycles. The molecule has 2 heterocycles. The fraction of sp³-hybridized carbons (Fsp3) is 0.412. The van der Waals surface area contributed by atoms with Crippen LogP contribution in [0.5, 0.6) is 0 Å². The highest BCUT2D eigenvalue weighted by Crippen LogP contribution is 2.16. The van der Waals surface area contributed by atoms with Crippen molar-refractivity contribution in [3.05, 3.63) is 47.9 Å². The standard InChI is InChI=1S/C17H22ClN5/c1-14(11-20-17-13-19-12-16(18)21-17)22-7-9-23(10-8-22)15-5-3-2-4-6-15/h2-6,12-14H,7-11H2,1H3,(H,20,21)/t14-/m1/s1. The molecule has 1 atom stereocenters. The van der Waals surface area contributed by atoms with E-state index >= 15 is 0 Å². The Hall–Kier alpha value is -1.85. The van der Waals surface area contributed by atoms with E-state index in [1.165, 1.54) is 5.69 Å². The van der Waals surface area contributed by atoms with Gasteiger partial charge < -0.3 is 10.2 Å². The fourth-order valence-electron chi connectivity index (χ4n) is 2.87. The highest BCUT2D eigenvalue weighted by atomic mass is 35.5. The summed E-state index contributed by atoms with van der Waals surface area (Å²) in [5.41, 5.74) is 1.31. The van der Waals surface area contributed by atoms with Gasteiger partial charge in [0.05, 0.1) is 12.4 Å². The average molecular weight is 332 g/mol. The Kier molecular flexibility index (Phi) is 5.31. The van der Waals surface area contributed by atoms with Gasteiger partial charge in [0.25, 0.3) is 0 Å². The Morgan fingerprint density at radius 1 is 1.13 bits per heavy atom. The van der Waals surface area contributed by atoms with E-state index in [0.717, 1.165) is 38.5 Å². The summed E-state index contributed by atoms with van der Waals surface area (Å²) in [6.07, 6.45) is 3.24. The van der Waals surface area contributed by atoms with Crippen LogP contribution in [-0.4, -0.2) is 53.6 Å². The number of benzene rings is 1. The van der Waals surface area contributed by atoms with Gasteiger partial charge in [-0.3, -0.25) is 9.88 Å². The summed E-state index contributed by atoms with van der Waals surface area (Å²) in [6.45, 7) is 7.33. The minimum absolute atomic E-state index is 0.416. The van der Waals surface area contributed by atoms with E-state index in [-0.39, 0.29) is 0 Å². The molecule has 1 saturated heterocycles. The van der Waals surface area contributed by atoms with E-state index in [9.17, 15) is 0 Å². The second kappa shape index (κ2) is 7.62. The highest BCUT2D eigenvalue weighted by molar-refractivity contribution is 6.29. The van der Waals surface area contributed by atoms with Crippen LogP contribution in [0.25, 0.3) is 0 Å². The summed E-state index contributed by atoms with van der Waals surface area (Å²) in [4.78, 5) is 13.2. The van der Waals surface area contributed by atoms with Crippen LogP contribution in [0.3, 0.4) is 0 Å². The molecule has 1 aromatic heterocycles. The van der Waals surface area contributed by atoms with Crippen LogP contribution in [0.2, 0.25) is 5.15 Å². The Balaban J connectivity index is 1.47. The van der Waals surface area contributed by atoms with Crippen molar-refractivity contribution >= 4 is 23.1 Å². The number of halogens is 1. The van der Waals surface area contributed by atoms with Crippen LogP contribution in [0, 0.1) is 0 Å². The molecule has 0 bridgehead atoms. The molecule has 0 aliphatic carbocycles. The van der Waals surface area contributed by atoms with Crippen LogP contribution >= 0.6 is 11.6 Å². The molecule has 1 aromatic carbocycles. The second-order valence-corrected chi connectivity index (χ2v) is 6.20. The molecular weight excluding hydrogens is 310 g/mol. The van der Waals surface area contributed by atoms with Crippen molar-refractivity contribution in [2.24, 2.45) is 0 Å². The van der Waals surface area contributed by atoms with Crippen LogP contribution < -0.4 is 10.2 Å². The number of para-hydroxylation sites is 1. The molecule has 3 rings (SSSR count). The number of nitrogens with zero attached hydrogens (tertiary/aromatic N) is 4. The van der Waals surface area contributed by atoms with E-state index < -0.39 is 0 Å². The number of anilines is 2. The summed E-state index contributed by atoms with van der Waals surface area (Å²) in [7, 11) is 0. The first-order valence-corrected chi connectivity index (χ1v) is 8.35.